The van der Waals surface area contributed by atoms with E-state index >= 15 is 0 Å². The summed E-state index contributed by atoms with van der Waals surface area (Å²) in [7, 11) is 3.69. The monoisotopic (exact) mass is 221 g/mol. The minimum absolute atomic E-state index is 0.481. The van der Waals surface area contributed by atoms with Crippen LogP contribution in [0.4, 0.5) is 0 Å². The summed E-state index contributed by atoms with van der Waals surface area (Å²) in [6.07, 6.45) is 8.26. The molecule has 88 valence electrons. The highest BCUT2D eigenvalue weighted by atomic mass is 16.5. The zero-order valence-corrected chi connectivity index (χ0v) is 9.94. The molecule has 1 aromatic rings. The third kappa shape index (κ3) is 2.32. The molecule has 2 atom stereocenters. The Morgan fingerprint density at radius 3 is 2.88 bits per heavy atom. The molecule has 0 amide bonds. The van der Waals surface area contributed by atoms with E-state index in [4.69, 9.17) is 4.74 Å². The Kier molecular flexibility index (Phi) is 3.72. The normalized spacial score (nSPS) is 25.4. The standard InChI is InChI=1S/C12H19N3O/c1-13-10-5-3-4-9(8-10)11-12(16-2)15-7-6-14-11/h6-7,9-10,13H,3-5,8H2,1-2H3. The van der Waals surface area contributed by atoms with Gasteiger partial charge in [0.25, 0.3) is 0 Å². The van der Waals surface area contributed by atoms with Gasteiger partial charge in [0.2, 0.25) is 5.88 Å². The lowest BCUT2D eigenvalue weighted by molar-refractivity contribution is 0.331. The molecule has 1 aliphatic rings. The number of aromatic nitrogens is 2. The molecule has 0 radical (unpaired) electrons. The lowest BCUT2D eigenvalue weighted by Gasteiger charge is -2.28. The van der Waals surface area contributed by atoms with Gasteiger partial charge in [0, 0.05) is 24.4 Å². The molecule has 2 unspecified atom stereocenters. The first kappa shape index (κ1) is 11.3. The van der Waals surface area contributed by atoms with Gasteiger partial charge in [-0.1, -0.05) is 6.42 Å². The minimum Gasteiger partial charge on any atom is -0.480 e. The van der Waals surface area contributed by atoms with E-state index in [0.29, 0.717) is 17.8 Å². The van der Waals surface area contributed by atoms with Crippen molar-refractivity contribution in [1.82, 2.24) is 15.3 Å². The molecule has 4 heteroatoms. The molecule has 1 aliphatic carbocycles. The summed E-state index contributed by atoms with van der Waals surface area (Å²) in [5, 5.41) is 3.35. The van der Waals surface area contributed by atoms with E-state index in [1.807, 2.05) is 7.05 Å². The largest absolute Gasteiger partial charge is 0.480 e. The fourth-order valence-corrected chi connectivity index (χ4v) is 2.47. The summed E-state index contributed by atoms with van der Waals surface area (Å²) < 4.78 is 5.27. The van der Waals surface area contributed by atoms with Gasteiger partial charge in [-0.15, -0.1) is 0 Å². The number of rotatable bonds is 3. The second kappa shape index (κ2) is 5.25. The fraction of sp³-hybridized carbons (Fsp3) is 0.667. The molecule has 1 N–H and O–H groups in total. The first-order valence-corrected chi connectivity index (χ1v) is 5.87. The zero-order chi connectivity index (χ0) is 11.4. The van der Waals surface area contributed by atoms with Crippen LogP contribution in [0.15, 0.2) is 12.4 Å². The first-order chi connectivity index (χ1) is 7.85. The van der Waals surface area contributed by atoms with Crippen LogP contribution in [-0.2, 0) is 0 Å². The Labute approximate surface area is 96.4 Å². The predicted octanol–water partition coefficient (Wildman–Crippen LogP) is 1.73. The van der Waals surface area contributed by atoms with Gasteiger partial charge in [-0.25, -0.2) is 4.98 Å². The number of methoxy groups -OCH3 is 1. The molecular formula is C12H19N3O. The average Bonchev–Trinajstić information content (AvgIpc) is 2.38. The van der Waals surface area contributed by atoms with Crippen LogP contribution >= 0.6 is 0 Å². The molecular weight excluding hydrogens is 202 g/mol. The van der Waals surface area contributed by atoms with Crippen molar-refractivity contribution >= 4 is 0 Å². The highest BCUT2D eigenvalue weighted by Gasteiger charge is 2.25. The quantitative estimate of drug-likeness (QED) is 0.844. The van der Waals surface area contributed by atoms with Gasteiger partial charge in [-0.3, -0.25) is 4.98 Å². The van der Waals surface area contributed by atoms with Gasteiger partial charge >= 0.3 is 0 Å². The second-order valence-electron chi connectivity index (χ2n) is 4.30. The molecule has 16 heavy (non-hydrogen) atoms. The molecule has 1 saturated carbocycles. The highest BCUT2D eigenvalue weighted by Crippen LogP contribution is 2.34. The summed E-state index contributed by atoms with van der Waals surface area (Å²) in [4.78, 5) is 8.64. The summed E-state index contributed by atoms with van der Waals surface area (Å²) in [6.45, 7) is 0. The molecule has 0 saturated heterocycles. The van der Waals surface area contributed by atoms with Gasteiger partial charge in [-0.05, 0) is 26.3 Å². The van der Waals surface area contributed by atoms with E-state index in [-0.39, 0.29) is 0 Å². The average molecular weight is 221 g/mol. The van der Waals surface area contributed by atoms with Gasteiger partial charge in [0.15, 0.2) is 0 Å². The van der Waals surface area contributed by atoms with E-state index in [1.165, 1.54) is 19.3 Å². The third-order valence-electron chi connectivity index (χ3n) is 3.35. The smallest absolute Gasteiger partial charge is 0.235 e. The maximum Gasteiger partial charge on any atom is 0.235 e. The third-order valence-corrected chi connectivity index (χ3v) is 3.35. The highest BCUT2D eigenvalue weighted by molar-refractivity contribution is 5.22. The maximum atomic E-state index is 5.27. The van der Waals surface area contributed by atoms with Crippen LogP contribution in [0.3, 0.4) is 0 Å². The first-order valence-electron chi connectivity index (χ1n) is 5.87. The molecule has 4 nitrogen and oxygen atoms in total. The van der Waals surface area contributed by atoms with Crippen molar-refractivity contribution in [1.29, 1.82) is 0 Å². The summed E-state index contributed by atoms with van der Waals surface area (Å²) in [6, 6.07) is 0.602. The Hall–Kier alpha value is -1.16. The number of hydrogen-bond acceptors (Lipinski definition) is 4. The van der Waals surface area contributed by atoms with E-state index in [0.717, 1.165) is 12.1 Å². The summed E-state index contributed by atoms with van der Waals surface area (Å²) in [5.41, 5.74) is 1.02. The Balaban J connectivity index is 2.16. The number of nitrogens with zero attached hydrogens (tertiary/aromatic N) is 2. The lowest BCUT2D eigenvalue weighted by Crippen LogP contribution is -2.30. The number of ether oxygens (including phenoxy) is 1. The van der Waals surface area contributed by atoms with E-state index in [1.54, 1.807) is 19.5 Å². The van der Waals surface area contributed by atoms with Crippen LogP contribution in [0.2, 0.25) is 0 Å². The molecule has 0 aromatic carbocycles. The van der Waals surface area contributed by atoms with E-state index in [2.05, 4.69) is 15.3 Å². The predicted molar refractivity (Wildman–Crippen MR) is 62.6 cm³/mol. The van der Waals surface area contributed by atoms with Gasteiger partial charge in [0.1, 0.15) is 5.69 Å². The van der Waals surface area contributed by atoms with Crippen molar-refractivity contribution in [3.8, 4) is 5.88 Å². The van der Waals surface area contributed by atoms with Crippen LogP contribution in [0.1, 0.15) is 37.3 Å². The molecule has 1 fully saturated rings. The van der Waals surface area contributed by atoms with Crippen molar-refractivity contribution in [2.75, 3.05) is 14.2 Å². The molecule has 0 spiro atoms. The fourth-order valence-electron chi connectivity index (χ4n) is 2.47. The number of hydrogen-bond donors (Lipinski definition) is 1. The van der Waals surface area contributed by atoms with E-state index < -0.39 is 0 Å². The Morgan fingerprint density at radius 2 is 2.12 bits per heavy atom. The van der Waals surface area contributed by atoms with Crippen molar-refractivity contribution in [2.24, 2.45) is 0 Å². The second-order valence-corrected chi connectivity index (χ2v) is 4.30. The van der Waals surface area contributed by atoms with Crippen molar-refractivity contribution in [3.63, 3.8) is 0 Å². The molecule has 0 bridgehead atoms. The van der Waals surface area contributed by atoms with Gasteiger partial charge in [-0.2, -0.15) is 0 Å². The topological polar surface area (TPSA) is 47.0 Å². The lowest BCUT2D eigenvalue weighted by atomic mass is 9.84. The van der Waals surface area contributed by atoms with Crippen molar-refractivity contribution < 1.29 is 4.74 Å². The van der Waals surface area contributed by atoms with Crippen molar-refractivity contribution in [3.05, 3.63) is 18.1 Å². The molecule has 1 aromatic heterocycles. The SMILES string of the molecule is CNC1CCCC(c2nccnc2OC)C1. The van der Waals surface area contributed by atoms with Crippen LogP contribution < -0.4 is 10.1 Å². The van der Waals surface area contributed by atoms with Crippen molar-refractivity contribution in [2.45, 2.75) is 37.6 Å². The van der Waals surface area contributed by atoms with Crippen LogP contribution in [0.25, 0.3) is 0 Å². The number of nitrogens with one attached hydrogen (secondary N) is 1. The minimum atomic E-state index is 0.481. The van der Waals surface area contributed by atoms with Crippen LogP contribution in [0.5, 0.6) is 5.88 Å². The summed E-state index contributed by atoms with van der Waals surface area (Å²) in [5.74, 6) is 1.17. The molecule has 0 aliphatic heterocycles. The van der Waals surface area contributed by atoms with Crippen LogP contribution in [-0.4, -0.2) is 30.2 Å². The summed E-state index contributed by atoms with van der Waals surface area (Å²) >= 11 is 0. The van der Waals surface area contributed by atoms with Gasteiger partial charge in [0.05, 0.1) is 7.11 Å². The maximum absolute atomic E-state index is 5.27. The molecule has 2 rings (SSSR count). The van der Waals surface area contributed by atoms with Crippen LogP contribution in [0, 0.1) is 0 Å². The Morgan fingerprint density at radius 1 is 1.31 bits per heavy atom. The van der Waals surface area contributed by atoms with E-state index in [9.17, 15) is 0 Å². The zero-order valence-electron chi connectivity index (χ0n) is 9.94. The molecule has 1 heterocycles. The Bertz CT molecular complexity index is 343. The van der Waals surface area contributed by atoms with Gasteiger partial charge < -0.3 is 10.1 Å².